The topological polar surface area (TPSA) is 60.3 Å². The highest BCUT2D eigenvalue weighted by Crippen LogP contribution is 2.21. The van der Waals surface area contributed by atoms with E-state index < -0.39 is 0 Å². The lowest BCUT2D eigenvalue weighted by Crippen LogP contribution is -2.22. The van der Waals surface area contributed by atoms with Crippen molar-refractivity contribution in [3.63, 3.8) is 0 Å². The van der Waals surface area contributed by atoms with E-state index in [2.05, 4.69) is 5.32 Å². The van der Waals surface area contributed by atoms with Gasteiger partial charge < -0.3 is 14.6 Å². The molecule has 1 heterocycles. The van der Waals surface area contributed by atoms with Gasteiger partial charge in [-0.1, -0.05) is 29.8 Å². The van der Waals surface area contributed by atoms with Gasteiger partial charge in [0.2, 0.25) is 5.91 Å². The normalized spacial score (nSPS) is 10.9. The van der Waals surface area contributed by atoms with Gasteiger partial charge in [-0.25, -0.2) is 0 Å². The Morgan fingerprint density at radius 2 is 1.93 bits per heavy atom. The van der Waals surface area contributed by atoms with Crippen molar-refractivity contribution in [1.82, 2.24) is 4.57 Å². The van der Waals surface area contributed by atoms with Gasteiger partial charge >= 0.3 is 0 Å². The number of fused-ring (bicyclic) bond motifs is 1. The molecule has 2 aromatic carbocycles. The van der Waals surface area contributed by atoms with Gasteiger partial charge in [-0.15, -0.1) is 0 Å². The zero-order valence-electron chi connectivity index (χ0n) is 15.9. The highest BCUT2D eigenvalue weighted by Gasteiger charge is 2.11. The lowest BCUT2D eigenvalue weighted by atomic mass is 10.0. The molecule has 0 saturated carbocycles. The van der Waals surface area contributed by atoms with Gasteiger partial charge in [-0.05, 0) is 43.2 Å². The Morgan fingerprint density at radius 3 is 2.70 bits per heavy atom. The summed E-state index contributed by atoms with van der Waals surface area (Å²) >= 11 is 0. The van der Waals surface area contributed by atoms with E-state index >= 15 is 0 Å². The highest BCUT2D eigenvalue weighted by atomic mass is 16.5. The lowest BCUT2D eigenvalue weighted by molar-refractivity contribution is -0.115. The number of carbonyl (C=O) groups excluding carboxylic acids is 1. The van der Waals surface area contributed by atoms with Crippen molar-refractivity contribution in [2.75, 3.05) is 19.0 Å². The summed E-state index contributed by atoms with van der Waals surface area (Å²) in [6, 6.07) is 13.3. The van der Waals surface area contributed by atoms with Crippen molar-refractivity contribution in [3.8, 4) is 0 Å². The van der Waals surface area contributed by atoms with Crippen LogP contribution in [0.1, 0.15) is 16.7 Å². The van der Waals surface area contributed by atoms with Crippen LogP contribution in [0.4, 0.5) is 5.69 Å². The van der Waals surface area contributed by atoms with E-state index in [9.17, 15) is 9.59 Å². The quantitative estimate of drug-likeness (QED) is 0.729. The summed E-state index contributed by atoms with van der Waals surface area (Å²) in [4.78, 5) is 25.2. The summed E-state index contributed by atoms with van der Waals surface area (Å²) in [6.07, 6.45) is 2.04. The minimum atomic E-state index is -0.0974. The number of rotatable bonds is 6. The van der Waals surface area contributed by atoms with Crippen LogP contribution in [0.3, 0.4) is 0 Å². The minimum absolute atomic E-state index is 0.0878. The zero-order chi connectivity index (χ0) is 19.4. The average molecular weight is 364 g/mol. The van der Waals surface area contributed by atoms with E-state index in [1.165, 1.54) is 0 Å². The molecule has 1 amide bonds. The van der Waals surface area contributed by atoms with E-state index in [-0.39, 0.29) is 11.5 Å². The molecule has 0 aliphatic carbocycles. The molecule has 0 spiro atoms. The summed E-state index contributed by atoms with van der Waals surface area (Å²) in [5.74, 6) is -0.0974. The largest absolute Gasteiger partial charge is 0.383 e. The number of nitrogens with one attached hydrogen (secondary N) is 1. The second-order valence-corrected chi connectivity index (χ2v) is 6.73. The summed E-state index contributed by atoms with van der Waals surface area (Å²) in [7, 11) is 1.61. The van der Waals surface area contributed by atoms with E-state index in [0.29, 0.717) is 30.6 Å². The summed E-state index contributed by atoms with van der Waals surface area (Å²) in [6.45, 7) is 4.98. The fourth-order valence-electron chi connectivity index (χ4n) is 3.15. The summed E-state index contributed by atoms with van der Waals surface area (Å²) in [5.41, 5.74) is 3.79. The van der Waals surface area contributed by atoms with Gasteiger partial charge in [0.15, 0.2) is 0 Å². The second-order valence-electron chi connectivity index (χ2n) is 6.73. The van der Waals surface area contributed by atoms with Crippen molar-refractivity contribution in [1.29, 1.82) is 0 Å². The Kier molecular flexibility index (Phi) is 5.72. The first-order chi connectivity index (χ1) is 13.0. The van der Waals surface area contributed by atoms with Gasteiger partial charge in [0.25, 0.3) is 5.56 Å². The van der Waals surface area contributed by atoms with Crippen LogP contribution >= 0.6 is 0 Å². The fourth-order valence-corrected chi connectivity index (χ4v) is 3.15. The number of anilines is 1. The number of hydrogen-bond acceptors (Lipinski definition) is 3. The number of amides is 1. The van der Waals surface area contributed by atoms with Crippen molar-refractivity contribution in [3.05, 3.63) is 75.7 Å². The maximum atomic E-state index is 12.6. The molecule has 0 aliphatic rings. The molecule has 140 valence electrons. The molecule has 0 atom stereocenters. The third kappa shape index (κ3) is 4.26. The molecule has 0 aliphatic heterocycles. The number of benzene rings is 2. The van der Waals surface area contributed by atoms with E-state index in [0.717, 1.165) is 22.1 Å². The Hall–Kier alpha value is -2.92. The third-order valence-corrected chi connectivity index (χ3v) is 4.68. The Labute approximate surface area is 158 Å². The lowest BCUT2D eigenvalue weighted by Gasteiger charge is -2.12. The first-order valence-corrected chi connectivity index (χ1v) is 8.96. The predicted octanol–water partition coefficient (Wildman–Crippen LogP) is 3.45. The number of aromatic nitrogens is 1. The molecule has 1 aromatic heterocycles. The number of hydrogen-bond donors (Lipinski definition) is 1. The van der Waals surface area contributed by atoms with Crippen molar-refractivity contribution >= 4 is 22.4 Å². The van der Waals surface area contributed by atoms with Crippen LogP contribution in [0.2, 0.25) is 0 Å². The number of pyridine rings is 1. The molecule has 0 unspecified atom stereocenters. The summed E-state index contributed by atoms with van der Waals surface area (Å²) < 4.78 is 6.67. The van der Waals surface area contributed by atoms with E-state index in [1.54, 1.807) is 30.0 Å². The monoisotopic (exact) mass is 364 g/mol. The van der Waals surface area contributed by atoms with E-state index in [1.807, 2.05) is 44.2 Å². The van der Waals surface area contributed by atoms with E-state index in [4.69, 9.17) is 4.74 Å². The third-order valence-electron chi connectivity index (χ3n) is 4.68. The molecular formula is C22H24N2O3. The SMILES string of the molecule is COCCn1ccc2c(NC(=O)Cc3cc(C)ccc3C)cccc2c1=O. The number of aryl methyl sites for hydroxylation is 2. The smallest absolute Gasteiger partial charge is 0.258 e. The van der Waals surface area contributed by atoms with Gasteiger partial charge in [0.05, 0.1) is 13.0 Å². The van der Waals surface area contributed by atoms with Gasteiger partial charge in [0, 0.05) is 36.3 Å². The average Bonchev–Trinajstić information content (AvgIpc) is 2.65. The van der Waals surface area contributed by atoms with Gasteiger partial charge in [-0.3, -0.25) is 9.59 Å². The van der Waals surface area contributed by atoms with Crippen LogP contribution in [-0.4, -0.2) is 24.2 Å². The summed E-state index contributed by atoms with van der Waals surface area (Å²) in [5, 5.41) is 4.28. The molecular weight excluding hydrogens is 340 g/mol. The zero-order valence-corrected chi connectivity index (χ0v) is 15.9. The molecule has 0 radical (unpaired) electrons. The minimum Gasteiger partial charge on any atom is -0.383 e. The first-order valence-electron chi connectivity index (χ1n) is 8.96. The predicted molar refractivity (Wildman–Crippen MR) is 108 cm³/mol. The van der Waals surface area contributed by atoms with Crippen molar-refractivity contribution in [2.24, 2.45) is 0 Å². The van der Waals surface area contributed by atoms with Crippen molar-refractivity contribution < 1.29 is 9.53 Å². The van der Waals surface area contributed by atoms with Gasteiger partial charge in [0.1, 0.15) is 0 Å². The number of nitrogens with zero attached hydrogens (tertiary/aromatic N) is 1. The number of ether oxygens (including phenoxy) is 1. The van der Waals surface area contributed by atoms with Crippen LogP contribution in [0.5, 0.6) is 0 Å². The Morgan fingerprint density at radius 1 is 1.11 bits per heavy atom. The van der Waals surface area contributed by atoms with Crippen LogP contribution in [-0.2, 0) is 22.5 Å². The van der Waals surface area contributed by atoms with Crippen LogP contribution in [0.25, 0.3) is 10.8 Å². The number of carbonyl (C=O) groups is 1. The first kappa shape index (κ1) is 18.9. The standard InChI is InChI=1S/C22H24N2O3/c1-15-7-8-16(2)17(13-15)14-21(25)23-20-6-4-5-19-18(20)9-10-24(22(19)26)11-12-27-3/h4-10,13H,11-12,14H2,1-3H3,(H,23,25). The molecule has 1 N–H and O–H groups in total. The molecule has 3 rings (SSSR count). The number of methoxy groups -OCH3 is 1. The van der Waals surface area contributed by atoms with Crippen molar-refractivity contribution in [2.45, 2.75) is 26.8 Å². The maximum absolute atomic E-state index is 12.6. The maximum Gasteiger partial charge on any atom is 0.258 e. The van der Waals surface area contributed by atoms with Crippen LogP contribution in [0.15, 0.2) is 53.5 Å². The Balaban J connectivity index is 1.86. The van der Waals surface area contributed by atoms with Gasteiger partial charge in [-0.2, -0.15) is 0 Å². The second kappa shape index (κ2) is 8.18. The molecule has 0 saturated heterocycles. The Bertz CT molecular complexity index is 1040. The van der Waals surface area contributed by atoms with Crippen LogP contribution in [0, 0.1) is 13.8 Å². The molecule has 5 nitrogen and oxygen atoms in total. The molecule has 3 aromatic rings. The molecule has 27 heavy (non-hydrogen) atoms. The highest BCUT2D eigenvalue weighted by molar-refractivity contribution is 6.02. The van der Waals surface area contributed by atoms with Crippen LogP contribution < -0.4 is 10.9 Å². The molecule has 5 heteroatoms. The fraction of sp³-hybridized carbons (Fsp3) is 0.273. The molecule has 0 fully saturated rings. The molecule has 0 bridgehead atoms.